The lowest BCUT2D eigenvalue weighted by molar-refractivity contribution is -0.130. The Labute approximate surface area is 83.5 Å². The van der Waals surface area contributed by atoms with E-state index in [2.05, 4.69) is 5.10 Å². The number of aryl methyl sites for hydroxylation is 1. The molecule has 1 rings (SSSR count). The number of hydrogen-bond acceptors (Lipinski definition) is 3. The summed E-state index contributed by atoms with van der Waals surface area (Å²) in [4.78, 5) is 13.1. The van der Waals surface area contributed by atoms with Gasteiger partial charge >= 0.3 is 0 Å². The molecular formula is C9H16N4O. The van der Waals surface area contributed by atoms with Gasteiger partial charge in [0.15, 0.2) is 0 Å². The fourth-order valence-corrected chi connectivity index (χ4v) is 1.05. The van der Waals surface area contributed by atoms with Crippen LogP contribution in [0.15, 0.2) is 6.20 Å². The Morgan fingerprint density at radius 3 is 2.79 bits per heavy atom. The van der Waals surface area contributed by atoms with E-state index in [4.69, 9.17) is 5.73 Å². The highest BCUT2D eigenvalue weighted by atomic mass is 16.2. The first-order valence-electron chi connectivity index (χ1n) is 4.58. The molecule has 1 amide bonds. The van der Waals surface area contributed by atoms with Gasteiger partial charge in [-0.25, -0.2) is 0 Å². The summed E-state index contributed by atoms with van der Waals surface area (Å²) in [5, 5.41) is 4.01. The molecule has 0 aliphatic carbocycles. The van der Waals surface area contributed by atoms with E-state index in [0.717, 1.165) is 5.56 Å². The fraction of sp³-hybridized carbons (Fsp3) is 0.556. The zero-order valence-corrected chi connectivity index (χ0v) is 8.82. The maximum absolute atomic E-state index is 11.5. The van der Waals surface area contributed by atoms with Crippen LogP contribution >= 0.6 is 0 Å². The topological polar surface area (TPSA) is 64.2 Å². The molecular weight excluding hydrogens is 180 g/mol. The molecule has 1 aromatic rings. The van der Waals surface area contributed by atoms with E-state index in [-0.39, 0.29) is 12.5 Å². The van der Waals surface area contributed by atoms with Crippen molar-refractivity contribution in [2.24, 2.45) is 0 Å². The smallest absolute Gasteiger partial charge is 0.244 e. The summed E-state index contributed by atoms with van der Waals surface area (Å²) >= 11 is 0. The first-order chi connectivity index (χ1) is 6.54. The number of likely N-dealkylation sites (N-methyl/N-ethyl adjacent to an activating group) is 1. The van der Waals surface area contributed by atoms with Gasteiger partial charge in [-0.15, -0.1) is 0 Å². The van der Waals surface area contributed by atoms with E-state index in [9.17, 15) is 4.79 Å². The molecule has 14 heavy (non-hydrogen) atoms. The molecule has 5 heteroatoms. The maximum Gasteiger partial charge on any atom is 0.244 e. The molecule has 0 saturated carbocycles. The summed E-state index contributed by atoms with van der Waals surface area (Å²) in [5.74, 6) is 0.520. The molecule has 0 radical (unpaired) electrons. The quantitative estimate of drug-likeness (QED) is 0.753. The van der Waals surface area contributed by atoms with Crippen molar-refractivity contribution in [3.8, 4) is 0 Å². The Bertz CT molecular complexity index is 312. The van der Waals surface area contributed by atoms with Gasteiger partial charge in [-0.05, 0) is 13.8 Å². The number of amides is 1. The first-order valence-corrected chi connectivity index (χ1v) is 4.58. The molecule has 5 nitrogen and oxygen atoms in total. The van der Waals surface area contributed by atoms with Crippen LogP contribution in [0.2, 0.25) is 0 Å². The summed E-state index contributed by atoms with van der Waals surface area (Å²) in [6, 6.07) is 0. The number of hydrogen-bond donors (Lipinski definition) is 1. The molecule has 0 spiro atoms. The minimum Gasteiger partial charge on any atom is -0.382 e. The second-order valence-corrected chi connectivity index (χ2v) is 3.30. The molecule has 0 unspecified atom stereocenters. The minimum absolute atomic E-state index is 0.0370. The fourth-order valence-electron chi connectivity index (χ4n) is 1.05. The number of rotatable bonds is 3. The molecule has 0 atom stereocenters. The Balaban J connectivity index is 2.65. The van der Waals surface area contributed by atoms with Crippen LogP contribution in [0, 0.1) is 6.92 Å². The third-order valence-corrected chi connectivity index (χ3v) is 2.18. The van der Waals surface area contributed by atoms with Crippen LogP contribution < -0.4 is 5.73 Å². The Kier molecular flexibility index (Phi) is 3.11. The van der Waals surface area contributed by atoms with Crippen LogP contribution in [0.3, 0.4) is 0 Å². The highest BCUT2D eigenvalue weighted by molar-refractivity contribution is 5.75. The lowest BCUT2D eigenvalue weighted by atomic mass is 10.4. The van der Waals surface area contributed by atoms with Crippen molar-refractivity contribution in [1.82, 2.24) is 14.7 Å². The summed E-state index contributed by atoms with van der Waals surface area (Å²) in [7, 11) is 1.77. The molecule has 0 aliphatic heterocycles. The lowest BCUT2D eigenvalue weighted by Gasteiger charge is -2.13. The van der Waals surface area contributed by atoms with Gasteiger partial charge in [-0.3, -0.25) is 9.48 Å². The predicted octanol–water partition coefficient (Wildman–Crippen LogP) is 0.252. The van der Waals surface area contributed by atoms with E-state index in [1.165, 1.54) is 0 Å². The van der Waals surface area contributed by atoms with Crippen LogP contribution in [0.1, 0.15) is 12.5 Å². The second kappa shape index (κ2) is 4.13. The van der Waals surface area contributed by atoms with E-state index in [1.807, 2.05) is 13.8 Å². The average molecular weight is 196 g/mol. The van der Waals surface area contributed by atoms with Gasteiger partial charge in [-0.2, -0.15) is 5.10 Å². The van der Waals surface area contributed by atoms with Gasteiger partial charge in [-0.1, -0.05) is 0 Å². The van der Waals surface area contributed by atoms with Gasteiger partial charge < -0.3 is 10.6 Å². The van der Waals surface area contributed by atoms with E-state index >= 15 is 0 Å². The van der Waals surface area contributed by atoms with Crippen molar-refractivity contribution in [3.05, 3.63) is 11.8 Å². The van der Waals surface area contributed by atoms with Crippen molar-refractivity contribution in [2.45, 2.75) is 20.4 Å². The normalized spacial score (nSPS) is 10.2. The number of carbonyl (C=O) groups excluding carboxylic acids is 1. The number of aromatic nitrogens is 2. The third kappa shape index (κ3) is 2.25. The van der Waals surface area contributed by atoms with Crippen molar-refractivity contribution in [3.63, 3.8) is 0 Å². The molecule has 0 aromatic carbocycles. The Morgan fingerprint density at radius 2 is 2.36 bits per heavy atom. The number of nitrogens with two attached hydrogens (primary N) is 1. The van der Waals surface area contributed by atoms with Crippen molar-refractivity contribution < 1.29 is 4.79 Å². The monoisotopic (exact) mass is 196 g/mol. The van der Waals surface area contributed by atoms with Crippen molar-refractivity contribution in [2.75, 3.05) is 19.3 Å². The third-order valence-electron chi connectivity index (χ3n) is 2.18. The van der Waals surface area contributed by atoms with Gasteiger partial charge in [0, 0.05) is 25.4 Å². The van der Waals surface area contributed by atoms with Crippen LogP contribution in [0.25, 0.3) is 0 Å². The van der Waals surface area contributed by atoms with Crippen molar-refractivity contribution in [1.29, 1.82) is 0 Å². The van der Waals surface area contributed by atoms with Gasteiger partial charge in [0.2, 0.25) is 5.91 Å². The minimum atomic E-state index is 0.0370. The zero-order chi connectivity index (χ0) is 10.7. The molecule has 0 aliphatic rings. The average Bonchev–Trinajstić information content (AvgIpc) is 2.44. The Morgan fingerprint density at radius 1 is 1.71 bits per heavy atom. The maximum atomic E-state index is 11.5. The van der Waals surface area contributed by atoms with Crippen LogP contribution in [0.5, 0.6) is 0 Å². The zero-order valence-electron chi connectivity index (χ0n) is 8.82. The van der Waals surface area contributed by atoms with Crippen LogP contribution in [-0.4, -0.2) is 34.2 Å². The lowest BCUT2D eigenvalue weighted by Crippen LogP contribution is -2.30. The van der Waals surface area contributed by atoms with Crippen LogP contribution in [-0.2, 0) is 11.3 Å². The highest BCUT2D eigenvalue weighted by Gasteiger charge is 2.09. The van der Waals surface area contributed by atoms with Crippen molar-refractivity contribution >= 4 is 11.7 Å². The number of nitrogen functional groups attached to an aromatic ring is 1. The highest BCUT2D eigenvalue weighted by Crippen LogP contribution is 2.06. The molecule has 1 aromatic heterocycles. The summed E-state index contributed by atoms with van der Waals surface area (Å²) < 4.78 is 1.57. The molecule has 78 valence electrons. The molecule has 0 bridgehead atoms. The standard InChI is InChI=1S/C9H16N4O/c1-4-12(3)8(14)6-13-5-7(2)9(10)11-13/h5H,4,6H2,1-3H3,(H2,10,11). The Hall–Kier alpha value is -1.52. The van der Waals surface area contributed by atoms with E-state index in [0.29, 0.717) is 12.4 Å². The second-order valence-electron chi connectivity index (χ2n) is 3.30. The largest absolute Gasteiger partial charge is 0.382 e. The summed E-state index contributed by atoms with van der Waals surface area (Å²) in [5.41, 5.74) is 6.47. The summed E-state index contributed by atoms with van der Waals surface area (Å²) in [6.45, 7) is 4.75. The van der Waals surface area contributed by atoms with E-state index in [1.54, 1.807) is 22.8 Å². The molecule has 2 N–H and O–H groups in total. The number of carbonyl (C=O) groups is 1. The van der Waals surface area contributed by atoms with Gasteiger partial charge in [0.25, 0.3) is 0 Å². The SMILES string of the molecule is CCN(C)C(=O)Cn1cc(C)c(N)n1. The predicted molar refractivity (Wildman–Crippen MR) is 54.7 cm³/mol. The van der Waals surface area contributed by atoms with Crippen LogP contribution in [0.4, 0.5) is 5.82 Å². The number of nitrogens with zero attached hydrogens (tertiary/aromatic N) is 3. The van der Waals surface area contributed by atoms with Gasteiger partial charge in [0.1, 0.15) is 12.4 Å². The van der Waals surface area contributed by atoms with E-state index < -0.39 is 0 Å². The first kappa shape index (κ1) is 10.6. The molecule has 0 fully saturated rings. The molecule has 0 saturated heterocycles. The molecule has 1 heterocycles. The van der Waals surface area contributed by atoms with Gasteiger partial charge in [0.05, 0.1) is 0 Å². The summed E-state index contributed by atoms with van der Waals surface area (Å²) in [6.07, 6.45) is 1.77. The number of anilines is 1.